The molecule has 0 aliphatic carbocycles. The van der Waals surface area contributed by atoms with Gasteiger partial charge in [0.25, 0.3) is 0 Å². The average Bonchev–Trinajstić information content (AvgIpc) is 2.36. The normalized spacial score (nSPS) is 15.2. The second-order valence-corrected chi connectivity index (χ2v) is 6.09. The van der Waals surface area contributed by atoms with Gasteiger partial charge in [-0.2, -0.15) is 0 Å². The molecule has 4 heteroatoms. The third-order valence-electron chi connectivity index (χ3n) is 3.38. The van der Waals surface area contributed by atoms with E-state index in [1.54, 1.807) is 6.07 Å². The van der Waals surface area contributed by atoms with E-state index in [1.807, 2.05) is 14.0 Å². The lowest BCUT2D eigenvalue weighted by molar-refractivity contribution is -0.0340. The maximum Gasteiger partial charge on any atom is 0.159 e. The van der Waals surface area contributed by atoms with E-state index < -0.39 is 11.6 Å². The number of hydrogen-bond donors (Lipinski definition) is 1. The summed E-state index contributed by atoms with van der Waals surface area (Å²) in [5, 5.41) is 3.23. The Morgan fingerprint density at radius 1 is 1.20 bits per heavy atom. The minimum atomic E-state index is -0.813. The van der Waals surface area contributed by atoms with Gasteiger partial charge < -0.3 is 10.1 Å². The molecule has 0 radical (unpaired) electrons. The lowest BCUT2D eigenvalue weighted by Crippen LogP contribution is -2.48. The Kier molecular flexibility index (Phi) is 6.08. The van der Waals surface area contributed by atoms with E-state index >= 15 is 0 Å². The number of likely N-dealkylation sites (N-methyl/N-ethyl adjacent to an activating group) is 1. The van der Waals surface area contributed by atoms with E-state index in [0.717, 1.165) is 5.56 Å². The Morgan fingerprint density at radius 2 is 1.85 bits per heavy atom. The predicted octanol–water partition coefficient (Wildman–Crippen LogP) is 3.55. The van der Waals surface area contributed by atoms with Crippen LogP contribution in [0, 0.1) is 17.0 Å². The summed E-state index contributed by atoms with van der Waals surface area (Å²) in [5.41, 5.74) is 0.722. The number of halogens is 2. The maximum atomic E-state index is 13.3. The fraction of sp³-hybridized carbons (Fsp3) is 0.625. The Balaban J connectivity index is 2.91. The van der Waals surface area contributed by atoms with E-state index in [0.29, 0.717) is 13.0 Å². The molecule has 1 aromatic carbocycles. The fourth-order valence-corrected chi connectivity index (χ4v) is 2.43. The van der Waals surface area contributed by atoms with Crippen LogP contribution in [0.3, 0.4) is 0 Å². The van der Waals surface area contributed by atoms with Gasteiger partial charge in [-0.05, 0) is 43.5 Å². The first-order chi connectivity index (χ1) is 9.29. The Hall–Kier alpha value is -1.00. The van der Waals surface area contributed by atoms with Gasteiger partial charge in [-0.15, -0.1) is 0 Å². The quantitative estimate of drug-likeness (QED) is 0.863. The lowest BCUT2D eigenvalue weighted by Gasteiger charge is -2.36. The van der Waals surface area contributed by atoms with Crippen LogP contribution < -0.4 is 5.32 Å². The van der Waals surface area contributed by atoms with Crippen molar-refractivity contribution >= 4 is 0 Å². The average molecular weight is 285 g/mol. The molecule has 0 aromatic heterocycles. The van der Waals surface area contributed by atoms with E-state index in [2.05, 4.69) is 26.1 Å². The number of nitrogens with one attached hydrogen (secondary N) is 1. The van der Waals surface area contributed by atoms with Crippen LogP contribution in [-0.4, -0.2) is 25.8 Å². The van der Waals surface area contributed by atoms with Crippen LogP contribution in [0.25, 0.3) is 0 Å². The summed E-state index contributed by atoms with van der Waals surface area (Å²) in [4.78, 5) is 0. The van der Waals surface area contributed by atoms with Crippen LogP contribution >= 0.6 is 0 Å². The van der Waals surface area contributed by atoms with Crippen molar-refractivity contribution in [3.05, 3.63) is 35.4 Å². The van der Waals surface area contributed by atoms with Crippen LogP contribution in [0.5, 0.6) is 0 Å². The van der Waals surface area contributed by atoms with Gasteiger partial charge in [-0.3, -0.25) is 0 Å². The van der Waals surface area contributed by atoms with Crippen molar-refractivity contribution < 1.29 is 13.5 Å². The summed E-state index contributed by atoms with van der Waals surface area (Å²) < 4.78 is 32.1. The highest BCUT2D eigenvalue weighted by Crippen LogP contribution is 2.27. The molecule has 1 rings (SSSR count). The second-order valence-electron chi connectivity index (χ2n) is 6.09. The van der Waals surface area contributed by atoms with Gasteiger partial charge in [0.2, 0.25) is 0 Å². The Bertz CT molecular complexity index is 429. The van der Waals surface area contributed by atoms with Gasteiger partial charge in [0.15, 0.2) is 11.6 Å². The first kappa shape index (κ1) is 17.1. The minimum absolute atomic E-state index is 0.00869. The molecule has 2 atom stereocenters. The van der Waals surface area contributed by atoms with Gasteiger partial charge >= 0.3 is 0 Å². The molecule has 0 bridgehead atoms. The monoisotopic (exact) mass is 285 g/mol. The molecule has 0 amide bonds. The van der Waals surface area contributed by atoms with Gasteiger partial charge in [0.05, 0.1) is 6.10 Å². The van der Waals surface area contributed by atoms with Crippen LogP contribution in [-0.2, 0) is 11.2 Å². The molecule has 0 spiro atoms. The minimum Gasteiger partial charge on any atom is -0.376 e. The van der Waals surface area contributed by atoms with Gasteiger partial charge in [-0.25, -0.2) is 8.78 Å². The highest BCUT2D eigenvalue weighted by atomic mass is 19.2. The van der Waals surface area contributed by atoms with Crippen molar-refractivity contribution in [3.63, 3.8) is 0 Å². The first-order valence-electron chi connectivity index (χ1n) is 7.02. The molecule has 1 aromatic rings. The van der Waals surface area contributed by atoms with Crippen molar-refractivity contribution in [1.82, 2.24) is 5.32 Å². The number of ether oxygens (including phenoxy) is 1. The number of rotatable bonds is 6. The molecular weight excluding hydrogens is 260 g/mol. The zero-order chi connectivity index (χ0) is 15.3. The zero-order valence-corrected chi connectivity index (χ0v) is 13.0. The van der Waals surface area contributed by atoms with E-state index in [-0.39, 0.29) is 17.6 Å². The van der Waals surface area contributed by atoms with Gasteiger partial charge in [-0.1, -0.05) is 26.8 Å². The Labute approximate surface area is 120 Å². The first-order valence-corrected chi connectivity index (χ1v) is 7.02. The number of benzene rings is 1. The molecule has 0 aliphatic heterocycles. The Morgan fingerprint density at radius 3 is 2.30 bits per heavy atom. The van der Waals surface area contributed by atoms with Crippen molar-refractivity contribution in [3.8, 4) is 0 Å². The van der Waals surface area contributed by atoms with Crippen molar-refractivity contribution in [2.45, 2.75) is 46.3 Å². The summed E-state index contributed by atoms with van der Waals surface area (Å²) in [7, 11) is 1.86. The van der Waals surface area contributed by atoms with Crippen molar-refractivity contribution in [2.75, 3.05) is 13.7 Å². The third kappa shape index (κ3) is 4.53. The van der Waals surface area contributed by atoms with Crippen LogP contribution in [0.1, 0.15) is 33.3 Å². The summed E-state index contributed by atoms with van der Waals surface area (Å²) in [5.74, 6) is -1.62. The molecule has 0 aliphatic rings. The molecule has 1 N–H and O–H groups in total. The third-order valence-corrected chi connectivity index (χ3v) is 3.38. The molecule has 0 heterocycles. The smallest absolute Gasteiger partial charge is 0.159 e. The highest BCUT2D eigenvalue weighted by Gasteiger charge is 2.32. The predicted molar refractivity (Wildman–Crippen MR) is 77.8 cm³/mol. The molecule has 0 saturated heterocycles. The van der Waals surface area contributed by atoms with Crippen molar-refractivity contribution in [2.24, 2.45) is 5.41 Å². The van der Waals surface area contributed by atoms with Gasteiger partial charge in [0, 0.05) is 12.6 Å². The summed E-state index contributed by atoms with van der Waals surface area (Å²) in [6.07, 6.45) is 0.584. The summed E-state index contributed by atoms with van der Waals surface area (Å²) in [6, 6.07) is 4.09. The van der Waals surface area contributed by atoms with Crippen LogP contribution in [0.2, 0.25) is 0 Å². The molecule has 20 heavy (non-hydrogen) atoms. The summed E-state index contributed by atoms with van der Waals surface area (Å²) in [6.45, 7) is 8.93. The molecule has 2 nitrogen and oxygen atoms in total. The maximum absolute atomic E-state index is 13.3. The van der Waals surface area contributed by atoms with Gasteiger partial charge in [0.1, 0.15) is 0 Å². The zero-order valence-electron chi connectivity index (χ0n) is 13.0. The van der Waals surface area contributed by atoms with E-state index in [1.165, 1.54) is 12.1 Å². The topological polar surface area (TPSA) is 21.3 Å². The lowest BCUT2D eigenvalue weighted by atomic mass is 9.82. The van der Waals surface area contributed by atoms with E-state index in [9.17, 15) is 8.78 Å². The largest absolute Gasteiger partial charge is 0.376 e. The molecule has 2 unspecified atom stereocenters. The SMILES string of the molecule is CCOC(C(Cc1ccc(F)c(F)c1)NC)C(C)(C)C. The highest BCUT2D eigenvalue weighted by molar-refractivity contribution is 5.19. The molecular formula is C16H25F2NO. The summed E-state index contributed by atoms with van der Waals surface area (Å²) >= 11 is 0. The molecule has 0 fully saturated rings. The van der Waals surface area contributed by atoms with Crippen LogP contribution in [0.15, 0.2) is 18.2 Å². The standard InChI is InChI=1S/C16H25F2NO/c1-6-20-15(16(2,3)4)14(19-5)10-11-7-8-12(17)13(18)9-11/h7-9,14-15,19H,6,10H2,1-5H3. The van der Waals surface area contributed by atoms with Crippen LogP contribution in [0.4, 0.5) is 8.78 Å². The molecule has 0 saturated carbocycles. The van der Waals surface area contributed by atoms with E-state index in [4.69, 9.17) is 4.74 Å². The van der Waals surface area contributed by atoms with Crippen molar-refractivity contribution in [1.29, 1.82) is 0 Å². The molecule has 114 valence electrons. The number of hydrogen-bond acceptors (Lipinski definition) is 2. The fourth-order valence-electron chi connectivity index (χ4n) is 2.43. The second kappa shape index (κ2) is 7.14.